The Morgan fingerprint density at radius 2 is 1.29 bits per heavy atom. The summed E-state index contributed by atoms with van der Waals surface area (Å²) >= 11 is 0. The lowest BCUT2D eigenvalue weighted by molar-refractivity contribution is -0.134. The third-order valence-corrected chi connectivity index (χ3v) is 2.41. The van der Waals surface area contributed by atoms with Gasteiger partial charge in [-0.1, -0.05) is 36.4 Å². The number of carboxylic acids is 1. The predicted molar refractivity (Wildman–Crippen MR) is 69.1 cm³/mol. The van der Waals surface area contributed by atoms with Crippen LogP contribution in [0, 0.1) is 0 Å². The van der Waals surface area contributed by atoms with Gasteiger partial charge >= 0.3 is 0 Å². The van der Waals surface area contributed by atoms with E-state index in [0.29, 0.717) is 0 Å². The van der Waals surface area contributed by atoms with Crippen LogP contribution in [0.15, 0.2) is 48.5 Å². The summed E-state index contributed by atoms with van der Waals surface area (Å²) in [5.41, 5.74) is 2.42. The van der Waals surface area contributed by atoms with Crippen molar-refractivity contribution in [3.63, 3.8) is 0 Å². The van der Waals surface area contributed by atoms with Crippen LogP contribution in [0.25, 0.3) is 21.8 Å². The molecule has 0 aliphatic rings. The van der Waals surface area contributed by atoms with Gasteiger partial charge in [-0.05, 0) is 12.1 Å². The molecule has 86 valence electrons. The average Bonchev–Trinajstić information content (AvgIpc) is 2.66. The van der Waals surface area contributed by atoms with Crippen LogP contribution in [0.5, 0.6) is 0 Å². The zero-order valence-electron chi connectivity index (χ0n) is 9.47. The van der Waals surface area contributed by atoms with Crippen LogP contribution in [0.1, 0.15) is 6.92 Å². The van der Waals surface area contributed by atoms with Gasteiger partial charge in [-0.25, -0.2) is 0 Å². The summed E-state index contributed by atoms with van der Waals surface area (Å²) in [4.78, 5) is 12.4. The third kappa shape index (κ3) is 2.45. The minimum absolute atomic E-state index is 0.833. The smallest absolute Gasteiger partial charge is 0.300 e. The molecule has 17 heavy (non-hydrogen) atoms. The van der Waals surface area contributed by atoms with Crippen LogP contribution < -0.4 is 0 Å². The van der Waals surface area contributed by atoms with Gasteiger partial charge in [-0.3, -0.25) is 4.79 Å². The number of hydrogen-bond acceptors (Lipinski definition) is 1. The number of aromatic nitrogens is 1. The highest BCUT2D eigenvalue weighted by Gasteiger charge is 2.00. The molecule has 1 heterocycles. The van der Waals surface area contributed by atoms with Gasteiger partial charge in [0.05, 0.1) is 0 Å². The molecule has 0 spiro atoms. The lowest BCUT2D eigenvalue weighted by Gasteiger charge is -1.87. The standard InChI is InChI=1S/C12H9N.C2H4O2/c1-3-7-11-9(5-1)10-6-2-4-8-12(10)13-11;1-2(3)4/h1-8,13H;1H3,(H,3,4). The molecule has 2 N–H and O–H groups in total. The second-order valence-electron chi connectivity index (χ2n) is 3.74. The number of carbonyl (C=O) groups is 1. The quantitative estimate of drug-likeness (QED) is 0.618. The average molecular weight is 227 g/mol. The Labute approximate surface area is 98.7 Å². The van der Waals surface area contributed by atoms with Gasteiger partial charge in [-0.15, -0.1) is 0 Å². The summed E-state index contributed by atoms with van der Waals surface area (Å²) in [5.74, 6) is -0.833. The zero-order chi connectivity index (χ0) is 12.3. The number of nitrogens with one attached hydrogen (secondary N) is 1. The van der Waals surface area contributed by atoms with E-state index in [9.17, 15) is 0 Å². The van der Waals surface area contributed by atoms with Crippen LogP contribution in [0.3, 0.4) is 0 Å². The van der Waals surface area contributed by atoms with Gasteiger partial charge in [0.25, 0.3) is 5.97 Å². The van der Waals surface area contributed by atoms with E-state index < -0.39 is 5.97 Å². The number of aliphatic carboxylic acids is 1. The highest BCUT2D eigenvalue weighted by Crippen LogP contribution is 2.24. The second-order valence-corrected chi connectivity index (χ2v) is 3.74. The van der Waals surface area contributed by atoms with Crippen molar-refractivity contribution in [3.8, 4) is 0 Å². The maximum absolute atomic E-state index is 9.00. The fraction of sp³-hybridized carbons (Fsp3) is 0.0714. The highest BCUT2D eigenvalue weighted by atomic mass is 16.4. The van der Waals surface area contributed by atoms with E-state index in [0.717, 1.165) is 6.92 Å². The van der Waals surface area contributed by atoms with Crippen LogP contribution >= 0.6 is 0 Å². The first-order valence-electron chi connectivity index (χ1n) is 5.33. The molecule has 0 bridgehead atoms. The van der Waals surface area contributed by atoms with Crippen LogP contribution in [0.2, 0.25) is 0 Å². The molecule has 0 saturated carbocycles. The summed E-state index contributed by atoms with van der Waals surface area (Å²) in [6.07, 6.45) is 0. The number of benzene rings is 2. The number of hydrogen-bond donors (Lipinski definition) is 2. The van der Waals surface area contributed by atoms with Crippen molar-refractivity contribution in [1.29, 1.82) is 0 Å². The van der Waals surface area contributed by atoms with Crippen LogP contribution in [0.4, 0.5) is 0 Å². The highest BCUT2D eigenvalue weighted by molar-refractivity contribution is 6.06. The molecule has 0 fully saturated rings. The Morgan fingerprint density at radius 1 is 0.941 bits per heavy atom. The lowest BCUT2D eigenvalue weighted by Crippen LogP contribution is -1.78. The summed E-state index contributed by atoms with van der Waals surface area (Å²) in [7, 11) is 0. The molecule has 0 amide bonds. The van der Waals surface area contributed by atoms with Crippen LogP contribution in [-0.4, -0.2) is 16.1 Å². The van der Waals surface area contributed by atoms with E-state index in [1.54, 1.807) is 0 Å². The van der Waals surface area contributed by atoms with E-state index in [1.165, 1.54) is 21.8 Å². The van der Waals surface area contributed by atoms with E-state index in [-0.39, 0.29) is 0 Å². The number of carboxylic acid groups (broad SMARTS) is 1. The van der Waals surface area contributed by atoms with Gasteiger partial charge in [0.15, 0.2) is 0 Å². The maximum atomic E-state index is 9.00. The predicted octanol–water partition coefficient (Wildman–Crippen LogP) is 3.41. The fourth-order valence-electron chi connectivity index (χ4n) is 1.80. The SMILES string of the molecule is CC(=O)O.c1ccc2c(c1)[nH]c1ccccc12. The Kier molecular flexibility index (Phi) is 3.10. The van der Waals surface area contributed by atoms with Crippen molar-refractivity contribution in [3.05, 3.63) is 48.5 Å². The monoisotopic (exact) mass is 227 g/mol. The molecular formula is C14H13NO2. The summed E-state index contributed by atoms with van der Waals surface area (Å²) in [5, 5.41) is 10.0. The first-order valence-corrected chi connectivity index (χ1v) is 5.33. The molecule has 0 aliphatic carbocycles. The lowest BCUT2D eigenvalue weighted by atomic mass is 10.2. The normalized spacial score (nSPS) is 9.94. The number of fused-ring (bicyclic) bond motifs is 3. The van der Waals surface area contributed by atoms with Gasteiger partial charge in [0.2, 0.25) is 0 Å². The van der Waals surface area contributed by atoms with Gasteiger partial charge in [0, 0.05) is 28.7 Å². The first kappa shape index (κ1) is 11.2. The zero-order valence-corrected chi connectivity index (χ0v) is 9.47. The molecule has 1 aromatic heterocycles. The topological polar surface area (TPSA) is 53.1 Å². The van der Waals surface area contributed by atoms with Gasteiger partial charge in [0.1, 0.15) is 0 Å². The molecule has 0 aliphatic heterocycles. The second kappa shape index (κ2) is 4.70. The first-order chi connectivity index (χ1) is 8.18. The fourth-order valence-corrected chi connectivity index (χ4v) is 1.80. The summed E-state index contributed by atoms with van der Waals surface area (Å²) in [6, 6.07) is 16.8. The molecule has 0 radical (unpaired) electrons. The summed E-state index contributed by atoms with van der Waals surface area (Å²) in [6.45, 7) is 1.08. The number of aromatic amines is 1. The molecule has 0 atom stereocenters. The molecule has 3 aromatic rings. The Hall–Kier alpha value is -2.29. The van der Waals surface area contributed by atoms with Crippen molar-refractivity contribution >= 4 is 27.8 Å². The van der Waals surface area contributed by atoms with Crippen molar-refractivity contribution in [1.82, 2.24) is 4.98 Å². The minimum atomic E-state index is -0.833. The number of rotatable bonds is 0. The van der Waals surface area contributed by atoms with E-state index >= 15 is 0 Å². The Balaban J connectivity index is 0.000000239. The molecule has 0 unspecified atom stereocenters. The number of para-hydroxylation sites is 2. The minimum Gasteiger partial charge on any atom is -0.481 e. The van der Waals surface area contributed by atoms with E-state index in [4.69, 9.17) is 9.90 Å². The maximum Gasteiger partial charge on any atom is 0.300 e. The Morgan fingerprint density at radius 3 is 1.71 bits per heavy atom. The van der Waals surface area contributed by atoms with E-state index in [2.05, 4.69) is 53.5 Å². The third-order valence-electron chi connectivity index (χ3n) is 2.41. The van der Waals surface area contributed by atoms with Crippen LogP contribution in [-0.2, 0) is 4.79 Å². The van der Waals surface area contributed by atoms with Crippen molar-refractivity contribution in [2.75, 3.05) is 0 Å². The van der Waals surface area contributed by atoms with Crippen molar-refractivity contribution in [2.45, 2.75) is 6.92 Å². The molecule has 3 rings (SSSR count). The van der Waals surface area contributed by atoms with Gasteiger partial charge < -0.3 is 10.1 Å². The van der Waals surface area contributed by atoms with E-state index in [1.807, 2.05) is 0 Å². The largest absolute Gasteiger partial charge is 0.481 e. The molecule has 2 aromatic carbocycles. The summed E-state index contributed by atoms with van der Waals surface area (Å²) < 4.78 is 0. The Bertz CT molecular complexity index is 601. The van der Waals surface area contributed by atoms with Crippen molar-refractivity contribution < 1.29 is 9.90 Å². The molecule has 0 saturated heterocycles. The molecule has 3 heteroatoms. The number of H-pyrrole nitrogens is 1. The molecule has 3 nitrogen and oxygen atoms in total. The van der Waals surface area contributed by atoms with Gasteiger partial charge in [-0.2, -0.15) is 0 Å². The van der Waals surface area contributed by atoms with Crippen molar-refractivity contribution in [2.24, 2.45) is 0 Å². The molecular weight excluding hydrogens is 214 g/mol.